The van der Waals surface area contributed by atoms with Gasteiger partial charge in [0.2, 0.25) is 11.8 Å². The van der Waals surface area contributed by atoms with Crippen molar-refractivity contribution in [2.24, 2.45) is 0 Å². The van der Waals surface area contributed by atoms with Crippen LogP contribution in [0.4, 0.5) is 5.69 Å². The van der Waals surface area contributed by atoms with E-state index >= 15 is 0 Å². The van der Waals surface area contributed by atoms with Crippen molar-refractivity contribution < 1.29 is 27.5 Å². The Labute approximate surface area is 240 Å². The topological polar surface area (TPSA) is 105 Å². The van der Waals surface area contributed by atoms with Crippen LogP contribution >= 0.6 is 11.6 Å². The molecule has 40 heavy (non-hydrogen) atoms. The number of benzene rings is 3. The number of hydrogen-bond donors (Lipinski definition) is 1. The van der Waals surface area contributed by atoms with Gasteiger partial charge in [-0.15, -0.1) is 0 Å². The number of halogens is 1. The lowest BCUT2D eigenvalue weighted by Crippen LogP contribution is -2.52. The molecule has 0 fully saturated rings. The molecule has 0 saturated carbocycles. The molecule has 2 amide bonds. The summed E-state index contributed by atoms with van der Waals surface area (Å²) in [6.45, 7) is 4.69. The second kappa shape index (κ2) is 13.5. The molecule has 0 unspecified atom stereocenters. The Kier molecular flexibility index (Phi) is 10.4. The summed E-state index contributed by atoms with van der Waals surface area (Å²) in [6.07, 6.45) is 0. The number of hydrogen-bond acceptors (Lipinski definition) is 6. The first-order valence-corrected chi connectivity index (χ1v) is 14.4. The molecule has 214 valence electrons. The number of carbonyl (C=O) groups is 2. The van der Waals surface area contributed by atoms with Crippen molar-refractivity contribution in [2.75, 3.05) is 25.1 Å². The SMILES string of the molecule is COc1ccc(OC)c(N(CC(=O)N(Cc2ccc(Cl)cc2)[C@H](C)C(=O)NC(C)C)S(=O)(=O)c2ccccc2)c1. The molecular weight excluding hydrogens is 554 g/mol. The van der Waals surface area contributed by atoms with Gasteiger partial charge >= 0.3 is 0 Å². The maximum absolute atomic E-state index is 14.0. The molecule has 0 aliphatic rings. The average Bonchev–Trinajstić information content (AvgIpc) is 2.94. The second-order valence-corrected chi connectivity index (χ2v) is 11.6. The number of nitrogens with one attached hydrogen (secondary N) is 1. The molecule has 0 spiro atoms. The summed E-state index contributed by atoms with van der Waals surface area (Å²) >= 11 is 6.04. The number of sulfonamides is 1. The van der Waals surface area contributed by atoms with Gasteiger partial charge in [0.05, 0.1) is 24.8 Å². The molecule has 11 heteroatoms. The van der Waals surface area contributed by atoms with Crippen molar-refractivity contribution in [3.8, 4) is 11.5 Å². The van der Waals surface area contributed by atoms with Gasteiger partial charge in [-0.05, 0) is 62.7 Å². The minimum absolute atomic E-state index is 0.0116. The normalized spacial score (nSPS) is 12.0. The van der Waals surface area contributed by atoms with E-state index in [1.807, 2.05) is 13.8 Å². The number of amides is 2. The lowest BCUT2D eigenvalue weighted by atomic mass is 10.1. The van der Waals surface area contributed by atoms with Gasteiger partial charge in [-0.3, -0.25) is 13.9 Å². The highest BCUT2D eigenvalue weighted by Gasteiger charge is 2.34. The Hall–Kier alpha value is -3.76. The van der Waals surface area contributed by atoms with Gasteiger partial charge in [0.1, 0.15) is 24.1 Å². The zero-order valence-electron chi connectivity index (χ0n) is 23.1. The van der Waals surface area contributed by atoms with Crippen molar-refractivity contribution in [1.29, 1.82) is 0 Å². The summed E-state index contributed by atoms with van der Waals surface area (Å²) < 4.78 is 39.7. The molecule has 0 aliphatic carbocycles. The maximum atomic E-state index is 14.0. The van der Waals surface area contributed by atoms with Crippen LogP contribution in [0.5, 0.6) is 11.5 Å². The Morgan fingerprint density at radius 2 is 1.57 bits per heavy atom. The first kappa shape index (κ1) is 30.8. The first-order valence-electron chi connectivity index (χ1n) is 12.6. The molecule has 1 atom stereocenters. The molecule has 0 aromatic heterocycles. The standard InChI is InChI=1S/C29H34ClN3O6S/c1-20(2)31-29(35)21(3)32(18-22-11-13-23(30)14-12-22)28(34)19-33(40(36,37)25-9-7-6-8-10-25)26-17-24(38-4)15-16-27(26)39-5/h6-17,20-21H,18-19H2,1-5H3,(H,31,35)/t21-/m1/s1. The smallest absolute Gasteiger partial charge is 0.264 e. The minimum Gasteiger partial charge on any atom is -0.497 e. The van der Waals surface area contributed by atoms with E-state index in [9.17, 15) is 18.0 Å². The van der Waals surface area contributed by atoms with E-state index in [0.29, 0.717) is 10.8 Å². The molecule has 0 radical (unpaired) electrons. The third-order valence-electron chi connectivity index (χ3n) is 6.13. The number of nitrogens with zero attached hydrogens (tertiary/aromatic N) is 2. The number of methoxy groups -OCH3 is 2. The van der Waals surface area contributed by atoms with Crippen LogP contribution in [0.15, 0.2) is 77.7 Å². The fraction of sp³-hybridized carbons (Fsp3) is 0.310. The minimum atomic E-state index is -4.25. The van der Waals surface area contributed by atoms with Crippen LogP contribution in [-0.2, 0) is 26.2 Å². The van der Waals surface area contributed by atoms with Crippen LogP contribution in [-0.4, -0.2) is 58.0 Å². The van der Waals surface area contributed by atoms with Crippen molar-refractivity contribution in [3.63, 3.8) is 0 Å². The highest BCUT2D eigenvalue weighted by Crippen LogP contribution is 2.36. The number of ether oxygens (including phenoxy) is 2. The number of rotatable bonds is 12. The van der Waals surface area contributed by atoms with Crippen LogP contribution < -0.4 is 19.1 Å². The van der Waals surface area contributed by atoms with Crippen LogP contribution in [0.1, 0.15) is 26.3 Å². The Morgan fingerprint density at radius 3 is 2.15 bits per heavy atom. The van der Waals surface area contributed by atoms with Crippen molar-refractivity contribution in [2.45, 2.75) is 44.3 Å². The summed E-state index contributed by atoms with van der Waals surface area (Å²) in [6, 6.07) is 18.3. The summed E-state index contributed by atoms with van der Waals surface area (Å²) in [5.74, 6) is -0.360. The summed E-state index contributed by atoms with van der Waals surface area (Å²) in [5.41, 5.74) is 0.836. The highest BCUT2D eigenvalue weighted by atomic mass is 35.5. The van der Waals surface area contributed by atoms with E-state index in [0.717, 1.165) is 9.87 Å². The molecule has 3 rings (SSSR count). The van der Waals surface area contributed by atoms with Gasteiger partial charge in [0.25, 0.3) is 10.0 Å². The van der Waals surface area contributed by atoms with Crippen LogP contribution in [0.3, 0.4) is 0 Å². The molecule has 0 aliphatic heterocycles. The quantitative estimate of drug-likeness (QED) is 0.335. The van der Waals surface area contributed by atoms with E-state index in [1.165, 1.54) is 37.3 Å². The van der Waals surface area contributed by atoms with Crippen LogP contribution in [0.25, 0.3) is 0 Å². The van der Waals surface area contributed by atoms with E-state index in [2.05, 4.69) is 5.32 Å². The second-order valence-electron chi connectivity index (χ2n) is 9.35. The van der Waals surface area contributed by atoms with Crippen molar-refractivity contribution >= 4 is 39.1 Å². The van der Waals surface area contributed by atoms with E-state index in [4.69, 9.17) is 21.1 Å². The van der Waals surface area contributed by atoms with Crippen LogP contribution in [0.2, 0.25) is 5.02 Å². The first-order chi connectivity index (χ1) is 19.0. The Bertz CT molecular complexity index is 1420. The van der Waals surface area contributed by atoms with Gasteiger partial charge in [-0.2, -0.15) is 0 Å². The fourth-order valence-corrected chi connectivity index (χ4v) is 5.56. The Morgan fingerprint density at radius 1 is 0.925 bits per heavy atom. The van der Waals surface area contributed by atoms with Gasteiger partial charge in [-0.25, -0.2) is 8.42 Å². The third kappa shape index (κ3) is 7.45. The zero-order valence-corrected chi connectivity index (χ0v) is 24.7. The summed E-state index contributed by atoms with van der Waals surface area (Å²) in [5, 5.41) is 3.35. The van der Waals surface area contributed by atoms with E-state index in [1.54, 1.807) is 61.5 Å². The molecule has 1 N–H and O–H groups in total. The molecule has 3 aromatic rings. The third-order valence-corrected chi connectivity index (χ3v) is 8.16. The predicted octanol–water partition coefficient (Wildman–Crippen LogP) is 4.49. The summed E-state index contributed by atoms with van der Waals surface area (Å²) in [7, 11) is -1.39. The highest BCUT2D eigenvalue weighted by molar-refractivity contribution is 7.92. The van der Waals surface area contributed by atoms with E-state index in [-0.39, 0.29) is 34.8 Å². The van der Waals surface area contributed by atoms with Gasteiger partial charge in [0.15, 0.2) is 0 Å². The Balaban J connectivity index is 2.10. The molecule has 9 nitrogen and oxygen atoms in total. The number of carbonyl (C=O) groups excluding carboxylic acids is 2. The largest absolute Gasteiger partial charge is 0.497 e. The molecule has 0 heterocycles. The van der Waals surface area contributed by atoms with E-state index < -0.39 is 28.5 Å². The fourth-order valence-electron chi connectivity index (χ4n) is 4.00. The molecule has 0 saturated heterocycles. The monoisotopic (exact) mass is 587 g/mol. The van der Waals surface area contributed by atoms with Gasteiger partial charge in [-0.1, -0.05) is 41.9 Å². The van der Waals surface area contributed by atoms with Gasteiger partial charge in [0, 0.05) is 23.7 Å². The predicted molar refractivity (Wildman–Crippen MR) is 155 cm³/mol. The average molecular weight is 588 g/mol. The van der Waals surface area contributed by atoms with Crippen LogP contribution in [0, 0.1) is 0 Å². The van der Waals surface area contributed by atoms with Gasteiger partial charge < -0.3 is 19.7 Å². The van der Waals surface area contributed by atoms with Crippen molar-refractivity contribution in [1.82, 2.24) is 10.2 Å². The molecule has 0 bridgehead atoms. The molecule has 3 aromatic carbocycles. The number of anilines is 1. The lowest BCUT2D eigenvalue weighted by molar-refractivity contribution is -0.139. The zero-order chi connectivity index (χ0) is 29.4. The summed E-state index contributed by atoms with van der Waals surface area (Å²) in [4.78, 5) is 28.3. The maximum Gasteiger partial charge on any atom is 0.264 e. The van der Waals surface area contributed by atoms with Crippen molar-refractivity contribution in [3.05, 3.63) is 83.4 Å². The lowest BCUT2D eigenvalue weighted by Gasteiger charge is -2.32. The molecular formula is C29H34ClN3O6S.